The molecule has 0 atom stereocenters. The zero-order valence-corrected chi connectivity index (χ0v) is 13.6. The van der Waals surface area contributed by atoms with Crippen LogP contribution < -0.4 is 10.5 Å². The molecule has 0 bridgehead atoms. The van der Waals surface area contributed by atoms with E-state index < -0.39 is 0 Å². The van der Waals surface area contributed by atoms with Crippen LogP contribution in [0.25, 0.3) is 0 Å². The van der Waals surface area contributed by atoms with Crippen molar-refractivity contribution in [3.8, 4) is 0 Å². The lowest BCUT2D eigenvalue weighted by Crippen LogP contribution is -2.39. The van der Waals surface area contributed by atoms with Gasteiger partial charge in [-0.25, -0.2) is 4.98 Å². The Hall–Kier alpha value is -0.150. The van der Waals surface area contributed by atoms with Gasteiger partial charge in [-0.05, 0) is 35.4 Å². The Labute approximate surface area is 128 Å². The minimum Gasteiger partial charge on any atom is -0.377 e. The molecule has 5 nitrogen and oxygen atoms in total. The Kier molecular flexibility index (Phi) is 5.43. The lowest BCUT2D eigenvalue weighted by atomic mass is 10.1. The van der Waals surface area contributed by atoms with E-state index >= 15 is 0 Å². The molecule has 0 aromatic carbocycles. The number of hydrogen-bond donors (Lipinski definition) is 1. The van der Waals surface area contributed by atoms with Crippen LogP contribution in [0.5, 0.6) is 0 Å². The third kappa shape index (κ3) is 3.45. The van der Waals surface area contributed by atoms with Gasteiger partial charge >= 0.3 is 0 Å². The van der Waals surface area contributed by atoms with Crippen molar-refractivity contribution in [2.24, 2.45) is 0 Å². The maximum absolute atomic E-state index is 11.5. The van der Waals surface area contributed by atoms with Crippen molar-refractivity contribution >= 4 is 44.3 Å². The van der Waals surface area contributed by atoms with E-state index in [9.17, 15) is 4.79 Å². The van der Waals surface area contributed by atoms with Crippen molar-refractivity contribution in [1.29, 1.82) is 0 Å². The molecule has 1 aromatic rings. The van der Waals surface area contributed by atoms with Crippen LogP contribution in [0.4, 0.5) is 5.82 Å². The number of hydrogen-bond acceptors (Lipinski definition) is 4. The topological polar surface area (TPSA) is 58.2 Å². The van der Waals surface area contributed by atoms with Crippen LogP contribution in [0.3, 0.4) is 0 Å². The van der Waals surface area contributed by atoms with Crippen molar-refractivity contribution in [3.05, 3.63) is 20.3 Å². The van der Waals surface area contributed by atoms with Crippen molar-refractivity contribution in [2.75, 3.05) is 29.9 Å². The molecule has 0 aliphatic carbocycles. The lowest BCUT2D eigenvalue weighted by Gasteiger charge is -2.32. The molecule has 1 aromatic heterocycles. The van der Waals surface area contributed by atoms with Crippen LogP contribution in [0.15, 0.2) is 11.1 Å². The summed E-state index contributed by atoms with van der Waals surface area (Å²) in [5, 5.41) is 0.876. The molecule has 0 radical (unpaired) electrons. The zero-order valence-electron chi connectivity index (χ0n) is 9.86. The molecule has 1 aliphatic rings. The highest BCUT2D eigenvalue weighted by Crippen LogP contribution is 2.21. The maximum Gasteiger partial charge on any atom is 0.266 e. The molecule has 0 spiro atoms. The molecule has 1 aliphatic heterocycles. The highest BCUT2D eigenvalue weighted by atomic mass is 127. The van der Waals surface area contributed by atoms with Gasteiger partial charge in [-0.3, -0.25) is 4.79 Å². The molecule has 7 heteroatoms. The van der Waals surface area contributed by atoms with Gasteiger partial charge in [-0.1, -0.05) is 15.9 Å². The second-order valence-corrected chi connectivity index (χ2v) is 5.99. The average molecular weight is 428 g/mol. The second-order valence-electron chi connectivity index (χ2n) is 4.12. The highest BCUT2D eigenvalue weighted by molar-refractivity contribution is 14.1. The number of alkyl halides is 1. The molecular weight excluding hydrogens is 413 g/mol. The van der Waals surface area contributed by atoms with Crippen molar-refractivity contribution in [1.82, 2.24) is 9.97 Å². The molecule has 2 rings (SSSR count). The minimum absolute atomic E-state index is 0.0711. The smallest absolute Gasteiger partial charge is 0.266 e. The number of ether oxygens (including phenoxy) is 1. The Morgan fingerprint density at radius 1 is 1.56 bits per heavy atom. The largest absolute Gasteiger partial charge is 0.377 e. The molecule has 0 unspecified atom stereocenters. The van der Waals surface area contributed by atoms with Crippen LogP contribution in [-0.4, -0.2) is 41.1 Å². The van der Waals surface area contributed by atoms with Crippen LogP contribution in [0.2, 0.25) is 0 Å². The van der Waals surface area contributed by atoms with Gasteiger partial charge in [-0.15, -0.1) is 0 Å². The third-order valence-electron chi connectivity index (χ3n) is 2.95. The van der Waals surface area contributed by atoms with E-state index in [2.05, 4.69) is 30.8 Å². The van der Waals surface area contributed by atoms with Crippen LogP contribution >= 0.6 is 38.5 Å². The van der Waals surface area contributed by atoms with E-state index in [1.807, 2.05) is 22.6 Å². The first-order chi connectivity index (χ1) is 8.72. The number of piperidine rings is 1. The lowest BCUT2D eigenvalue weighted by molar-refractivity contribution is 0.0480. The number of aromatic amines is 1. The van der Waals surface area contributed by atoms with Gasteiger partial charge in [0.1, 0.15) is 9.39 Å². The number of rotatable bonds is 4. The zero-order chi connectivity index (χ0) is 13.0. The van der Waals surface area contributed by atoms with E-state index in [1.165, 1.54) is 6.33 Å². The minimum atomic E-state index is -0.0711. The second kappa shape index (κ2) is 6.85. The fourth-order valence-corrected chi connectivity index (χ4v) is 2.86. The molecule has 100 valence electrons. The molecule has 0 amide bonds. The summed E-state index contributed by atoms with van der Waals surface area (Å²) < 4.78 is 6.37. The van der Waals surface area contributed by atoms with Gasteiger partial charge in [-0.2, -0.15) is 0 Å². The maximum atomic E-state index is 11.5. The summed E-state index contributed by atoms with van der Waals surface area (Å²) in [6.45, 7) is 2.53. The molecule has 2 heterocycles. The van der Waals surface area contributed by atoms with Crippen molar-refractivity contribution < 1.29 is 4.74 Å². The van der Waals surface area contributed by atoms with E-state index in [-0.39, 0.29) is 5.56 Å². The summed E-state index contributed by atoms with van der Waals surface area (Å²) in [6.07, 6.45) is 3.76. The predicted octanol–water partition coefficient (Wildman–Crippen LogP) is 1.75. The molecule has 1 N–H and O–H groups in total. The SMILES string of the molecule is O=c1[nH]cnc(N2CCC(OCCBr)CC2)c1I. The normalized spacial score (nSPS) is 17.1. The number of aromatic nitrogens is 2. The van der Waals surface area contributed by atoms with Crippen molar-refractivity contribution in [3.63, 3.8) is 0 Å². The monoisotopic (exact) mass is 427 g/mol. The molecule has 18 heavy (non-hydrogen) atoms. The Bertz CT molecular complexity index is 446. The number of H-pyrrole nitrogens is 1. The number of nitrogens with zero attached hydrogens (tertiary/aromatic N) is 2. The summed E-state index contributed by atoms with van der Waals surface area (Å²) in [7, 11) is 0. The average Bonchev–Trinajstić information content (AvgIpc) is 2.40. The summed E-state index contributed by atoms with van der Waals surface area (Å²) in [5.41, 5.74) is -0.0711. The van der Waals surface area contributed by atoms with Gasteiger partial charge in [0.05, 0.1) is 19.0 Å². The van der Waals surface area contributed by atoms with Gasteiger partial charge in [0.25, 0.3) is 5.56 Å². The van der Waals surface area contributed by atoms with E-state index in [4.69, 9.17) is 4.74 Å². The van der Waals surface area contributed by atoms with Gasteiger partial charge < -0.3 is 14.6 Å². The summed E-state index contributed by atoms with van der Waals surface area (Å²) >= 11 is 5.41. The fraction of sp³-hybridized carbons (Fsp3) is 0.636. The highest BCUT2D eigenvalue weighted by Gasteiger charge is 2.22. The van der Waals surface area contributed by atoms with Crippen LogP contribution in [0.1, 0.15) is 12.8 Å². The Balaban J connectivity index is 1.97. The number of halogens is 2. The standard InChI is InChI=1S/C11H15BrIN3O2/c12-3-6-18-8-1-4-16(5-2-8)10-9(13)11(17)15-7-14-10/h7-8H,1-6H2,(H,14,15,17). The predicted molar refractivity (Wildman–Crippen MR) is 82.6 cm³/mol. The molecule has 0 saturated carbocycles. The van der Waals surface area contributed by atoms with Gasteiger partial charge in [0.15, 0.2) is 0 Å². The summed E-state index contributed by atoms with van der Waals surface area (Å²) in [5.74, 6) is 0.790. The first kappa shape index (κ1) is 14.3. The van der Waals surface area contributed by atoms with E-state index in [0.717, 1.165) is 43.7 Å². The van der Waals surface area contributed by atoms with E-state index in [0.29, 0.717) is 9.67 Å². The Morgan fingerprint density at radius 3 is 2.94 bits per heavy atom. The van der Waals surface area contributed by atoms with Gasteiger partial charge in [0.2, 0.25) is 0 Å². The first-order valence-corrected chi connectivity index (χ1v) is 8.08. The Morgan fingerprint density at radius 2 is 2.28 bits per heavy atom. The number of anilines is 1. The van der Waals surface area contributed by atoms with Gasteiger partial charge in [0, 0.05) is 18.4 Å². The van der Waals surface area contributed by atoms with Crippen LogP contribution in [-0.2, 0) is 4.74 Å². The molecular formula is C11H15BrIN3O2. The van der Waals surface area contributed by atoms with Crippen molar-refractivity contribution in [2.45, 2.75) is 18.9 Å². The number of nitrogens with one attached hydrogen (secondary N) is 1. The fourth-order valence-electron chi connectivity index (χ4n) is 2.04. The quantitative estimate of drug-likeness (QED) is 0.587. The van der Waals surface area contributed by atoms with Crippen LogP contribution in [0, 0.1) is 3.57 Å². The third-order valence-corrected chi connectivity index (χ3v) is 4.25. The molecule has 1 saturated heterocycles. The molecule has 1 fully saturated rings. The first-order valence-electron chi connectivity index (χ1n) is 5.88. The summed E-state index contributed by atoms with van der Waals surface area (Å²) in [4.78, 5) is 20.5. The summed E-state index contributed by atoms with van der Waals surface area (Å²) in [6, 6.07) is 0. The van der Waals surface area contributed by atoms with E-state index in [1.54, 1.807) is 0 Å².